The number of ether oxygens (including phenoxy) is 1. The molecule has 5 heteroatoms. The van der Waals surface area contributed by atoms with Crippen molar-refractivity contribution in [2.45, 2.75) is 27.7 Å². The minimum atomic E-state index is -0.00365. The first-order valence-corrected chi connectivity index (χ1v) is 7.55. The van der Waals surface area contributed by atoms with E-state index in [0.29, 0.717) is 23.5 Å². The van der Waals surface area contributed by atoms with Crippen molar-refractivity contribution in [3.63, 3.8) is 0 Å². The van der Waals surface area contributed by atoms with Crippen LogP contribution < -0.4 is 10.5 Å². The Kier molecular flexibility index (Phi) is 7.10. The van der Waals surface area contributed by atoms with Crippen LogP contribution in [0.3, 0.4) is 0 Å². The summed E-state index contributed by atoms with van der Waals surface area (Å²) in [6, 6.07) is 7.40. The molecule has 0 spiro atoms. The van der Waals surface area contributed by atoms with Crippen molar-refractivity contribution in [3.05, 3.63) is 41.7 Å². The molecule has 0 bridgehead atoms. The molecule has 4 nitrogen and oxygen atoms in total. The number of nitrogens with two attached hydrogens (primary N) is 1. The summed E-state index contributed by atoms with van der Waals surface area (Å²) in [6.45, 7) is 8.63. The van der Waals surface area contributed by atoms with Gasteiger partial charge in [-0.1, -0.05) is 20.8 Å². The molecule has 0 radical (unpaired) electrons. The number of hydrogen-bond donors (Lipinski definition) is 1. The lowest BCUT2D eigenvalue weighted by Crippen LogP contribution is -2.18. The van der Waals surface area contributed by atoms with E-state index in [4.69, 9.17) is 10.5 Å². The van der Waals surface area contributed by atoms with Crippen LogP contribution in [0, 0.1) is 5.41 Å². The lowest BCUT2D eigenvalue weighted by molar-refractivity contribution is 0.347. The SMILES string of the molecule is CN=C(N=C(C)C(C)(C)C)c1ccc(OC/C(=C/F)CN)cc1. The van der Waals surface area contributed by atoms with Crippen LogP contribution in [0.2, 0.25) is 0 Å². The minimum Gasteiger partial charge on any atom is -0.489 e. The van der Waals surface area contributed by atoms with E-state index >= 15 is 0 Å². The van der Waals surface area contributed by atoms with Crippen LogP contribution in [0.15, 0.2) is 46.2 Å². The number of benzene rings is 1. The number of aliphatic imine (C=N–C) groups is 2. The van der Waals surface area contributed by atoms with Gasteiger partial charge in [0.15, 0.2) is 5.84 Å². The highest BCUT2D eigenvalue weighted by Gasteiger charge is 2.15. The lowest BCUT2D eigenvalue weighted by Gasteiger charge is -2.18. The van der Waals surface area contributed by atoms with Gasteiger partial charge in [0.1, 0.15) is 12.4 Å². The molecule has 1 aromatic rings. The van der Waals surface area contributed by atoms with Gasteiger partial charge in [0.05, 0.1) is 6.33 Å². The molecular formula is C18H26FN3O. The second-order valence-electron chi connectivity index (χ2n) is 6.28. The van der Waals surface area contributed by atoms with Gasteiger partial charge in [-0.25, -0.2) is 9.38 Å². The Bertz CT molecular complexity index is 596. The van der Waals surface area contributed by atoms with Crippen LogP contribution in [-0.4, -0.2) is 31.7 Å². The van der Waals surface area contributed by atoms with Crippen molar-refractivity contribution in [1.82, 2.24) is 0 Å². The molecule has 0 aliphatic rings. The highest BCUT2D eigenvalue weighted by atomic mass is 19.1. The maximum atomic E-state index is 12.4. The number of halogens is 1. The van der Waals surface area contributed by atoms with Gasteiger partial charge in [-0.05, 0) is 31.2 Å². The Balaban J connectivity index is 2.86. The molecule has 0 aromatic heterocycles. The highest BCUT2D eigenvalue weighted by Crippen LogP contribution is 2.18. The van der Waals surface area contributed by atoms with Gasteiger partial charge in [-0.15, -0.1) is 0 Å². The molecular weight excluding hydrogens is 293 g/mol. The normalized spacial score (nSPS) is 14.1. The summed E-state index contributed by atoms with van der Waals surface area (Å²) in [5, 5.41) is 0. The maximum absolute atomic E-state index is 12.4. The first kappa shape index (κ1) is 19.0. The van der Waals surface area contributed by atoms with Crippen LogP contribution in [0.1, 0.15) is 33.3 Å². The fourth-order valence-electron chi connectivity index (χ4n) is 1.58. The van der Waals surface area contributed by atoms with Crippen LogP contribution in [0.5, 0.6) is 5.75 Å². The Morgan fingerprint density at radius 2 is 1.87 bits per heavy atom. The highest BCUT2D eigenvalue weighted by molar-refractivity contribution is 6.07. The Hall–Kier alpha value is -2.01. The average Bonchev–Trinajstić information content (AvgIpc) is 2.53. The Morgan fingerprint density at radius 1 is 1.26 bits per heavy atom. The van der Waals surface area contributed by atoms with Crippen molar-refractivity contribution >= 4 is 11.5 Å². The summed E-state index contributed by atoms with van der Waals surface area (Å²) in [6.07, 6.45) is 0.486. The summed E-state index contributed by atoms with van der Waals surface area (Å²) >= 11 is 0. The van der Waals surface area contributed by atoms with E-state index in [2.05, 4.69) is 30.8 Å². The third-order valence-corrected chi connectivity index (χ3v) is 3.52. The smallest absolute Gasteiger partial charge is 0.154 e. The van der Waals surface area contributed by atoms with E-state index in [9.17, 15) is 4.39 Å². The van der Waals surface area contributed by atoms with Crippen molar-refractivity contribution in [1.29, 1.82) is 0 Å². The van der Waals surface area contributed by atoms with Crippen molar-refractivity contribution in [2.75, 3.05) is 20.2 Å². The zero-order chi connectivity index (χ0) is 17.5. The summed E-state index contributed by atoms with van der Waals surface area (Å²) in [5.74, 6) is 1.32. The Morgan fingerprint density at radius 3 is 2.30 bits per heavy atom. The van der Waals surface area contributed by atoms with Crippen molar-refractivity contribution in [3.8, 4) is 5.75 Å². The van der Waals surface area contributed by atoms with Crippen LogP contribution in [0.25, 0.3) is 0 Å². The molecule has 2 N–H and O–H groups in total. The summed E-state index contributed by atoms with van der Waals surface area (Å²) in [4.78, 5) is 8.87. The average molecular weight is 319 g/mol. The molecule has 126 valence electrons. The molecule has 0 saturated carbocycles. The molecule has 0 fully saturated rings. The molecule has 1 rings (SSSR count). The zero-order valence-electron chi connectivity index (χ0n) is 14.6. The minimum absolute atomic E-state index is 0.00365. The second kappa shape index (κ2) is 8.58. The first-order chi connectivity index (χ1) is 10.8. The monoisotopic (exact) mass is 319 g/mol. The molecule has 23 heavy (non-hydrogen) atoms. The quantitative estimate of drug-likeness (QED) is 0.663. The van der Waals surface area contributed by atoms with Gasteiger partial charge in [-0.3, -0.25) is 4.99 Å². The molecule has 1 aromatic carbocycles. The summed E-state index contributed by atoms with van der Waals surface area (Å²) in [5.41, 5.74) is 7.72. The zero-order valence-corrected chi connectivity index (χ0v) is 14.6. The van der Waals surface area contributed by atoms with Gasteiger partial charge >= 0.3 is 0 Å². The van der Waals surface area contributed by atoms with Crippen LogP contribution in [-0.2, 0) is 0 Å². The summed E-state index contributed by atoms with van der Waals surface area (Å²) < 4.78 is 17.9. The maximum Gasteiger partial charge on any atom is 0.154 e. The largest absolute Gasteiger partial charge is 0.489 e. The predicted octanol–water partition coefficient (Wildman–Crippen LogP) is 3.76. The van der Waals surface area contributed by atoms with Gasteiger partial charge in [-0.2, -0.15) is 0 Å². The van der Waals surface area contributed by atoms with Crippen LogP contribution >= 0.6 is 0 Å². The molecule has 0 unspecified atom stereocenters. The van der Waals surface area contributed by atoms with E-state index in [0.717, 1.165) is 11.3 Å². The lowest BCUT2D eigenvalue weighted by atomic mass is 9.91. The first-order valence-electron chi connectivity index (χ1n) is 7.55. The van der Waals surface area contributed by atoms with Gasteiger partial charge < -0.3 is 10.5 Å². The molecule has 0 aliphatic heterocycles. The molecule has 0 amide bonds. The third-order valence-electron chi connectivity index (χ3n) is 3.52. The van der Waals surface area contributed by atoms with E-state index in [1.165, 1.54) is 0 Å². The van der Waals surface area contributed by atoms with Crippen LogP contribution in [0.4, 0.5) is 4.39 Å². The predicted molar refractivity (Wildman–Crippen MR) is 95.2 cm³/mol. The van der Waals surface area contributed by atoms with Crippen molar-refractivity contribution < 1.29 is 9.13 Å². The molecule has 0 saturated heterocycles. The third kappa shape index (κ3) is 5.94. The standard InChI is InChI=1S/C18H26FN3O/c1-13(18(2,3)4)22-17(21-5)15-6-8-16(9-7-15)23-12-14(10-19)11-20/h6-10H,11-12,20H2,1-5H3/b14-10+,21-17?,22-13?. The van der Waals surface area contributed by atoms with Crippen molar-refractivity contribution in [2.24, 2.45) is 21.1 Å². The topological polar surface area (TPSA) is 60.0 Å². The van der Waals surface area contributed by atoms with E-state index in [-0.39, 0.29) is 18.6 Å². The number of amidine groups is 1. The second-order valence-corrected chi connectivity index (χ2v) is 6.28. The van der Waals surface area contributed by atoms with E-state index in [1.54, 1.807) is 7.05 Å². The number of rotatable bonds is 5. The van der Waals surface area contributed by atoms with Gasteiger partial charge in [0.2, 0.25) is 0 Å². The van der Waals surface area contributed by atoms with E-state index in [1.807, 2.05) is 31.2 Å². The van der Waals surface area contributed by atoms with E-state index < -0.39 is 0 Å². The fourth-order valence-corrected chi connectivity index (χ4v) is 1.58. The van der Waals surface area contributed by atoms with Gasteiger partial charge in [0, 0.05) is 35.9 Å². The summed E-state index contributed by atoms with van der Waals surface area (Å²) in [7, 11) is 1.72. The van der Waals surface area contributed by atoms with Gasteiger partial charge in [0.25, 0.3) is 0 Å². The molecule has 0 atom stereocenters. The molecule has 0 heterocycles. The fraction of sp³-hybridized carbons (Fsp3) is 0.444. The number of hydrogen-bond acceptors (Lipinski definition) is 3. The molecule has 0 aliphatic carbocycles. The number of nitrogens with zero attached hydrogens (tertiary/aromatic N) is 2. The Labute approximate surface area is 138 Å².